The molecule has 8 heteroatoms. The van der Waals surface area contributed by atoms with Crippen molar-refractivity contribution in [1.82, 2.24) is 5.32 Å². The molecule has 0 aliphatic carbocycles. The van der Waals surface area contributed by atoms with Crippen LogP contribution < -0.4 is 10.1 Å². The van der Waals surface area contributed by atoms with Gasteiger partial charge in [0.25, 0.3) is 0 Å². The molecule has 0 fully saturated rings. The van der Waals surface area contributed by atoms with E-state index in [0.717, 1.165) is 12.1 Å². The average molecular weight is 309 g/mol. The molecule has 0 saturated heterocycles. The number of carbonyl (C=O) groups excluding carboxylic acids is 1. The van der Waals surface area contributed by atoms with E-state index in [0.29, 0.717) is 5.56 Å². The van der Waals surface area contributed by atoms with Crippen LogP contribution >= 0.6 is 0 Å². The van der Waals surface area contributed by atoms with Crippen molar-refractivity contribution in [2.45, 2.75) is 19.2 Å². The van der Waals surface area contributed by atoms with Crippen LogP contribution in [0.5, 0.6) is 5.75 Å². The minimum absolute atomic E-state index is 0.210. The Hall–Kier alpha value is -2.12. The molecule has 1 N–H and O–H groups in total. The fourth-order valence-electron chi connectivity index (χ4n) is 1.25. The van der Waals surface area contributed by atoms with Crippen LogP contribution in [0.1, 0.15) is 12.5 Å². The van der Waals surface area contributed by atoms with E-state index in [2.05, 4.69) is 10.1 Å². The third-order valence-corrected chi connectivity index (χ3v) is 2.24. The highest BCUT2D eigenvalue weighted by atomic mass is 19.4. The highest BCUT2D eigenvalue weighted by Gasteiger charge is 2.61. The van der Waals surface area contributed by atoms with Crippen molar-refractivity contribution in [3.05, 3.63) is 35.9 Å². The summed E-state index contributed by atoms with van der Waals surface area (Å²) in [5, 5.41) is 2.50. The van der Waals surface area contributed by atoms with Crippen molar-refractivity contribution in [2.75, 3.05) is 6.54 Å². The summed E-state index contributed by atoms with van der Waals surface area (Å²) in [5.74, 6) is -0.811. The number of halogens is 5. The Morgan fingerprint density at radius 3 is 2.24 bits per heavy atom. The molecule has 1 amide bonds. The van der Waals surface area contributed by atoms with E-state index in [1.807, 2.05) is 0 Å². The number of rotatable bonds is 5. The number of alkyl halides is 5. The third-order valence-electron chi connectivity index (χ3n) is 2.24. The molecule has 1 rings (SSSR count). The summed E-state index contributed by atoms with van der Waals surface area (Å²) in [7, 11) is 0. The molecule has 0 heterocycles. The fourth-order valence-corrected chi connectivity index (χ4v) is 1.25. The summed E-state index contributed by atoms with van der Waals surface area (Å²) in [6.45, 7) is 1.63. The second-order valence-corrected chi connectivity index (χ2v) is 4.03. The summed E-state index contributed by atoms with van der Waals surface area (Å²) in [4.78, 5) is 10.6. The molecular weight excluding hydrogens is 297 g/mol. The van der Waals surface area contributed by atoms with Crippen molar-refractivity contribution in [2.24, 2.45) is 0 Å². The first-order chi connectivity index (χ1) is 9.62. The zero-order valence-corrected chi connectivity index (χ0v) is 10.9. The molecule has 0 radical (unpaired) electrons. The predicted octanol–water partition coefficient (Wildman–Crippen LogP) is 3.37. The Kier molecular flexibility index (Phi) is 5.28. The maximum Gasteiger partial charge on any atom is 0.499 e. The van der Waals surface area contributed by atoms with Gasteiger partial charge in [0.2, 0.25) is 5.91 Å². The molecule has 3 nitrogen and oxygen atoms in total. The number of carbonyl (C=O) groups is 1. The van der Waals surface area contributed by atoms with Crippen LogP contribution in [0.2, 0.25) is 0 Å². The van der Waals surface area contributed by atoms with E-state index in [9.17, 15) is 26.7 Å². The SMILES string of the molecule is CC(=O)NCC=Cc1ccc(OC(F)(F)C(F)(F)F)cc1. The van der Waals surface area contributed by atoms with Gasteiger partial charge in [0, 0.05) is 13.5 Å². The van der Waals surface area contributed by atoms with E-state index in [1.165, 1.54) is 19.1 Å². The number of amides is 1. The second-order valence-electron chi connectivity index (χ2n) is 4.03. The highest BCUT2D eigenvalue weighted by molar-refractivity contribution is 5.73. The fraction of sp³-hybridized carbons (Fsp3) is 0.308. The molecule has 0 bridgehead atoms. The molecule has 0 aliphatic rings. The van der Waals surface area contributed by atoms with Gasteiger partial charge in [0.15, 0.2) is 0 Å². The molecule has 0 atom stereocenters. The van der Waals surface area contributed by atoms with Crippen LogP contribution in [0, 0.1) is 0 Å². The topological polar surface area (TPSA) is 38.3 Å². The number of ether oxygens (including phenoxy) is 1. The van der Waals surface area contributed by atoms with Gasteiger partial charge in [-0.2, -0.15) is 22.0 Å². The van der Waals surface area contributed by atoms with Gasteiger partial charge in [-0.3, -0.25) is 4.79 Å². The molecule has 116 valence electrons. The Morgan fingerprint density at radius 2 is 1.76 bits per heavy atom. The smallest absolute Gasteiger partial charge is 0.426 e. The molecule has 0 aromatic heterocycles. The number of benzene rings is 1. The van der Waals surface area contributed by atoms with Crippen LogP contribution in [0.4, 0.5) is 22.0 Å². The predicted molar refractivity (Wildman–Crippen MR) is 65.8 cm³/mol. The number of hydrogen-bond acceptors (Lipinski definition) is 2. The highest BCUT2D eigenvalue weighted by Crippen LogP contribution is 2.37. The molecule has 0 saturated carbocycles. The third kappa shape index (κ3) is 5.41. The number of hydrogen-bond donors (Lipinski definition) is 1. The van der Waals surface area contributed by atoms with E-state index in [4.69, 9.17) is 0 Å². The van der Waals surface area contributed by atoms with Gasteiger partial charge in [-0.15, -0.1) is 0 Å². The van der Waals surface area contributed by atoms with Crippen molar-refractivity contribution in [3.63, 3.8) is 0 Å². The van der Waals surface area contributed by atoms with Gasteiger partial charge >= 0.3 is 12.3 Å². The van der Waals surface area contributed by atoms with Crippen LogP contribution in [-0.2, 0) is 4.79 Å². The van der Waals surface area contributed by atoms with E-state index >= 15 is 0 Å². The molecule has 0 spiro atoms. The normalized spacial score (nSPS) is 12.5. The zero-order valence-electron chi connectivity index (χ0n) is 10.9. The molecule has 1 aromatic carbocycles. The van der Waals surface area contributed by atoms with Crippen molar-refractivity contribution < 1.29 is 31.5 Å². The number of nitrogens with one attached hydrogen (secondary N) is 1. The van der Waals surface area contributed by atoms with Gasteiger partial charge in [-0.05, 0) is 17.7 Å². The van der Waals surface area contributed by atoms with Gasteiger partial charge in [0.1, 0.15) is 5.75 Å². The summed E-state index contributed by atoms with van der Waals surface area (Å²) >= 11 is 0. The largest absolute Gasteiger partial charge is 0.499 e. The summed E-state index contributed by atoms with van der Waals surface area (Å²) in [5.41, 5.74) is 0.558. The van der Waals surface area contributed by atoms with Crippen molar-refractivity contribution in [3.8, 4) is 5.75 Å². The van der Waals surface area contributed by atoms with Crippen molar-refractivity contribution >= 4 is 12.0 Å². The summed E-state index contributed by atoms with van der Waals surface area (Å²) < 4.78 is 64.8. The molecule has 0 unspecified atom stereocenters. The average Bonchev–Trinajstić information content (AvgIpc) is 2.34. The lowest BCUT2D eigenvalue weighted by molar-refractivity contribution is -0.360. The minimum Gasteiger partial charge on any atom is -0.426 e. The summed E-state index contributed by atoms with van der Waals surface area (Å²) in [6, 6.07) is 4.62. The lowest BCUT2D eigenvalue weighted by Crippen LogP contribution is -2.41. The minimum atomic E-state index is -5.77. The standard InChI is InChI=1S/C13H12F5NO2/c1-9(20)19-8-2-3-10-4-6-11(7-5-10)21-13(17,18)12(14,15)16/h2-7H,8H2,1H3,(H,19,20). The lowest BCUT2D eigenvalue weighted by atomic mass is 10.2. The van der Waals surface area contributed by atoms with E-state index in [-0.39, 0.29) is 12.5 Å². The Labute approximate surface area is 117 Å². The Bertz CT molecular complexity index is 508. The molecule has 0 aliphatic heterocycles. The Morgan fingerprint density at radius 1 is 1.19 bits per heavy atom. The first kappa shape index (κ1) is 16.9. The zero-order chi connectivity index (χ0) is 16.1. The molecular formula is C13H12F5NO2. The van der Waals surface area contributed by atoms with Crippen LogP contribution in [0.3, 0.4) is 0 Å². The maximum absolute atomic E-state index is 12.6. The summed E-state index contributed by atoms with van der Waals surface area (Å²) in [6.07, 6.45) is -7.84. The van der Waals surface area contributed by atoms with E-state index < -0.39 is 18.0 Å². The molecule has 1 aromatic rings. The lowest BCUT2D eigenvalue weighted by Gasteiger charge is -2.20. The first-order valence-corrected chi connectivity index (χ1v) is 5.76. The van der Waals surface area contributed by atoms with Crippen LogP contribution in [0.15, 0.2) is 30.3 Å². The van der Waals surface area contributed by atoms with Crippen LogP contribution in [-0.4, -0.2) is 24.7 Å². The van der Waals surface area contributed by atoms with Gasteiger partial charge in [-0.1, -0.05) is 24.3 Å². The maximum atomic E-state index is 12.6. The molecule has 21 heavy (non-hydrogen) atoms. The van der Waals surface area contributed by atoms with Gasteiger partial charge in [0.05, 0.1) is 0 Å². The monoisotopic (exact) mass is 309 g/mol. The van der Waals surface area contributed by atoms with Gasteiger partial charge in [-0.25, -0.2) is 0 Å². The first-order valence-electron chi connectivity index (χ1n) is 5.76. The quantitative estimate of drug-likeness (QED) is 0.847. The van der Waals surface area contributed by atoms with Gasteiger partial charge < -0.3 is 10.1 Å². The van der Waals surface area contributed by atoms with E-state index in [1.54, 1.807) is 12.2 Å². The van der Waals surface area contributed by atoms with Crippen LogP contribution in [0.25, 0.3) is 6.08 Å². The second kappa shape index (κ2) is 6.55. The van der Waals surface area contributed by atoms with Crippen molar-refractivity contribution in [1.29, 1.82) is 0 Å². The Balaban J connectivity index is 2.64.